The first kappa shape index (κ1) is 13.6. The first-order valence-electron chi connectivity index (χ1n) is 6.79. The summed E-state index contributed by atoms with van der Waals surface area (Å²) in [5, 5.41) is 2.90. The van der Waals surface area contributed by atoms with Gasteiger partial charge < -0.3 is 16.0 Å². The zero-order chi connectivity index (χ0) is 13.8. The van der Waals surface area contributed by atoms with E-state index in [-0.39, 0.29) is 5.91 Å². The van der Waals surface area contributed by atoms with Crippen molar-refractivity contribution in [1.29, 1.82) is 0 Å². The molecule has 0 aliphatic carbocycles. The fraction of sp³-hybridized carbons (Fsp3) is 0.571. The first-order valence-corrected chi connectivity index (χ1v) is 6.79. The lowest BCUT2D eigenvalue weighted by molar-refractivity contribution is -0.119. The number of hydrogen-bond donors (Lipinski definition) is 2. The summed E-state index contributed by atoms with van der Waals surface area (Å²) in [6.45, 7) is 6.26. The molecule has 104 valence electrons. The fourth-order valence-corrected chi connectivity index (χ4v) is 2.39. The number of nitrogen functional groups attached to an aromatic ring is 1. The topological polar surface area (TPSA) is 71.2 Å². The molecule has 5 heteroatoms. The number of nitrogens with one attached hydrogen (secondary N) is 1. The normalized spacial score (nSPS) is 16.4. The number of rotatable bonds is 3. The number of pyridine rings is 1. The van der Waals surface area contributed by atoms with Crippen molar-refractivity contribution < 1.29 is 4.79 Å². The number of piperidine rings is 1. The van der Waals surface area contributed by atoms with Gasteiger partial charge in [-0.15, -0.1) is 0 Å². The highest BCUT2D eigenvalue weighted by molar-refractivity contribution is 5.72. The summed E-state index contributed by atoms with van der Waals surface area (Å²) >= 11 is 0. The maximum Gasteiger partial charge on any atom is 0.216 e. The van der Waals surface area contributed by atoms with E-state index in [1.165, 1.54) is 0 Å². The number of carbonyl (C=O) groups excluding carboxylic acids is 1. The molecule has 0 unspecified atom stereocenters. The predicted octanol–water partition coefficient (Wildman–Crippen LogP) is 1.32. The van der Waals surface area contributed by atoms with Gasteiger partial charge in [0.05, 0.1) is 11.4 Å². The first-order chi connectivity index (χ1) is 9.06. The molecule has 5 nitrogen and oxygen atoms in total. The number of anilines is 2. The molecule has 0 bridgehead atoms. The van der Waals surface area contributed by atoms with E-state index in [0.717, 1.165) is 49.7 Å². The summed E-state index contributed by atoms with van der Waals surface area (Å²) in [7, 11) is 0. The van der Waals surface area contributed by atoms with Crippen LogP contribution in [-0.4, -0.2) is 30.5 Å². The largest absolute Gasteiger partial charge is 0.397 e. The van der Waals surface area contributed by atoms with Crippen LogP contribution in [0.4, 0.5) is 11.5 Å². The summed E-state index contributed by atoms with van der Waals surface area (Å²) in [4.78, 5) is 17.7. The number of nitrogens with zero attached hydrogens (tertiary/aromatic N) is 2. The highest BCUT2D eigenvalue weighted by Gasteiger charge is 2.20. The van der Waals surface area contributed by atoms with Gasteiger partial charge >= 0.3 is 0 Å². The van der Waals surface area contributed by atoms with Crippen molar-refractivity contribution in [3.8, 4) is 0 Å². The summed E-state index contributed by atoms with van der Waals surface area (Å²) < 4.78 is 0. The molecule has 3 N–H and O–H groups in total. The van der Waals surface area contributed by atoms with Gasteiger partial charge in [0, 0.05) is 26.6 Å². The Balaban J connectivity index is 1.88. The Hall–Kier alpha value is -1.78. The van der Waals surface area contributed by atoms with Crippen LogP contribution in [-0.2, 0) is 4.79 Å². The van der Waals surface area contributed by atoms with E-state index >= 15 is 0 Å². The maximum absolute atomic E-state index is 10.9. The molecular formula is C14H22N4O. The van der Waals surface area contributed by atoms with E-state index in [4.69, 9.17) is 5.73 Å². The van der Waals surface area contributed by atoms with Gasteiger partial charge in [-0.25, -0.2) is 4.98 Å². The Morgan fingerprint density at radius 2 is 2.16 bits per heavy atom. The van der Waals surface area contributed by atoms with Gasteiger partial charge in [0.1, 0.15) is 5.82 Å². The summed E-state index contributed by atoms with van der Waals surface area (Å²) in [6, 6.07) is 3.90. The molecule has 0 radical (unpaired) electrons. The smallest absolute Gasteiger partial charge is 0.216 e. The second-order valence-electron chi connectivity index (χ2n) is 5.21. The number of carbonyl (C=O) groups is 1. The lowest BCUT2D eigenvalue weighted by Crippen LogP contribution is -2.38. The SMILES string of the molecule is CC(=O)NCC1CCN(c2ccc(N)c(C)n2)CC1. The molecule has 1 amide bonds. The summed E-state index contributed by atoms with van der Waals surface area (Å²) in [5.41, 5.74) is 7.41. The van der Waals surface area contributed by atoms with Gasteiger partial charge in [0.2, 0.25) is 5.91 Å². The third-order valence-electron chi connectivity index (χ3n) is 3.69. The van der Waals surface area contributed by atoms with E-state index in [0.29, 0.717) is 5.92 Å². The zero-order valence-corrected chi connectivity index (χ0v) is 11.6. The molecule has 19 heavy (non-hydrogen) atoms. The Morgan fingerprint density at radius 1 is 1.47 bits per heavy atom. The highest BCUT2D eigenvalue weighted by atomic mass is 16.1. The fourth-order valence-electron chi connectivity index (χ4n) is 2.39. The van der Waals surface area contributed by atoms with Crippen LogP contribution in [0.1, 0.15) is 25.5 Å². The zero-order valence-electron chi connectivity index (χ0n) is 11.6. The van der Waals surface area contributed by atoms with Crippen molar-refractivity contribution in [2.45, 2.75) is 26.7 Å². The molecule has 0 atom stereocenters. The molecule has 0 saturated carbocycles. The van der Waals surface area contributed by atoms with Crippen LogP contribution in [0.15, 0.2) is 12.1 Å². The molecule has 0 spiro atoms. The summed E-state index contributed by atoms with van der Waals surface area (Å²) in [6.07, 6.45) is 2.18. The summed E-state index contributed by atoms with van der Waals surface area (Å²) in [5.74, 6) is 1.64. The molecule has 2 heterocycles. The van der Waals surface area contributed by atoms with Gasteiger partial charge in [-0.2, -0.15) is 0 Å². The third-order valence-corrected chi connectivity index (χ3v) is 3.69. The molecule has 1 saturated heterocycles. The quantitative estimate of drug-likeness (QED) is 0.862. The van der Waals surface area contributed by atoms with Crippen LogP contribution >= 0.6 is 0 Å². The van der Waals surface area contributed by atoms with Crippen LogP contribution in [0.25, 0.3) is 0 Å². The molecule has 1 aromatic heterocycles. The third kappa shape index (κ3) is 3.59. The lowest BCUT2D eigenvalue weighted by Gasteiger charge is -2.33. The Labute approximate surface area is 114 Å². The van der Waals surface area contributed by atoms with Gasteiger partial charge in [0.15, 0.2) is 0 Å². The van der Waals surface area contributed by atoms with Crippen molar-refractivity contribution in [1.82, 2.24) is 10.3 Å². The van der Waals surface area contributed by atoms with Crippen LogP contribution in [0.2, 0.25) is 0 Å². The highest BCUT2D eigenvalue weighted by Crippen LogP contribution is 2.23. The Bertz CT molecular complexity index is 453. The van der Waals surface area contributed by atoms with E-state index in [1.807, 2.05) is 19.1 Å². The average molecular weight is 262 g/mol. The van der Waals surface area contributed by atoms with E-state index < -0.39 is 0 Å². The Morgan fingerprint density at radius 3 is 2.74 bits per heavy atom. The van der Waals surface area contributed by atoms with Crippen LogP contribution in [0.3, 0.4) is 0 Å². The van der Waals surface area contributed by atoms with Crippen molar-refractivity contribution in [3.05, 3.63) is 17.8 Å². The second-order valence-corrected chi connectivity index (χ2v) is 5.21. The number of aryl methyl sites for hydroxylation is 1. The average Bonchev–Trinajstić information content (AvgIpc) is 2.40. The minimum absolute atomic E-state index is 0.0539. The molecule has 1 aliphatic rings. The number of amides is 1. The van der Waals surface area contributed by atoms with Crippen molar-refractivity contribution in [2.75, 3.05) is 30.3 Å². The number of nitrogens with two attached hydrogens (primary N) is 1. The van der Waals surface area contributed by atoms with Crippen LogP contribution in [0, 0.1) is 12.8 Å². The predicted molar refractivity (Wildman–Crippen MR) is 77.0 cm³/mol. The van der Waals surface area contributed by atoms with Crippen LogP contribution < -0.4 is 16.0 Å². The monoisotopic (exact) mass is 262 g/mol. The minimum atomic E-state index is 0.0539. The van der Waals surface area contributed by atoms with Crippen molar-refractivity contribution in [2.24, 2.45) is 5.92 Å². The number of hydrogen-bond acceptors (Lipinski definition) is 4. The van der Waals surface area contributed by atoms with E-state index in [1.54, 1.807) is 6.92 Å². The second kappa shape index (κ2) is 5.91. The molecule has 0 aromatic carbocycles. The molecule has 1 aromatic rings. The van der Waals surface area contributed by atoms with E-state index in [9.17, 15) is 4.79 Å². The Kier molecular flexibility index (Phi) is 4.24. The van der Waals surface area contributed by atoms with Gasteiger partial charge in [-0.1, -0.05) is 0 Å². The van der Waals surface area contributed by atoms with Gasteiger partial charge in [0.25, 0.3) is 0 Å². The van der Waals surface area contributed by atoms with Crippen molar-refractivity contribution in [3.63, 3.8) is 0 Å². The standard InChI is InChI=1S/C14H22N4O/c1-10-13(15)3-4-14(17-10)18-7-5-12(6-8-18)9-16-11(2)19/h3-4,12H,5-9,15H2,1-2H3,(H,16,19). The molecule has 1 fully saturated rings. The minimum Gasteiger partial charge on any atom is -0.397 e. The number of aromatic nitrogens is 1. The van der Waals surface area contributed by atoms with Crippen LogP contribution in [0.5, 0.6) is 0 Å². The molecule has 1 aliphatic heterocycles. The van der Waals surface area contributed by atoms with Gasteiger partial charge in [-0.3, -0.25) is 4.79 Å². The van der Waals surface area contributed by atoms with E-state index in [2.05, 4.69) is 15.2 Å². The molecular weight excluding hydrogens is 240 g/mol. The molecule has 2 rings (SSSR count). The van der Waals surface area contributed by atoms with Gasteiger partial charge in [-0.05, 0) is 37.8 Å². The maximum atomic E-state index is 10.9. The van der Waals surface area contributed by atoms with Crippen molar-refractivity contribution >= 4 is 17.4 Å². The lowest BCUT2D eigenvalue weighted by atomic mass is 9.97.